The lowest BCUT2D eigenvalue weighted by atomic mass is 10.00. The number of hydrogen-bond acceptors (Lipinski definition) is 15. The Kier molecular flexibility index (Phi) is 54.2. The zero-order valence-electron chi connectivity index (χ0n) is 53.8. The Labute approximate surface area is 510 Å². The summed E-state index contributed by atoms with van der Waals surface area (Å²) in [6, 6.07) is 0. The van der Waals surface area contributed by atoms with Crippen LogP contribution < -0.4 is 0 Å². The largest absolute Gasteiger partial charge is 0.472 e. The van der Waals surface area contributed by atoms with Gasteiger partial charge >= 0.3 is 39.5 Å². The monoisotopic (exact) mass is 1240 g/mol. The molecule has 0 heterocycles. The van der Waals surface area contributed by atoms with Crippen LogP contribution in [-0.2, 0) is 65.4 Å². The van der Waals surface area contributed by atoms with E-state index in [-0.39, 0.29) is 25.7 Å². The highest BCUT2D eigenvalue weighted by Gasteiger charge is 2.30. The minimum absolute atomic E-state index is 0.0945. The number of carbonyl (C=O) groups excluding carboxylic acids is 4. The molecule has 17 nitrogen and oxygen atoms in total. The molecule has 3 N–H and O–H groups in total. The van der Waals surface area contributed by atoms with Crippen molar-refractivity contribution in [2.45, 2.75) is 311 Å². The number of phosphoric acid groups is 2. The Bertz CT molecular complexity index is 1760. The van der Waals surface area contributed by atoms with Crippen molar-refractivity contribution in [3.05, 3.63) is 24.3 Å². The molecule has 0 aromatic carbocycles. The average Bonchev–Trinajstić information content (AvgIpc) is 3.45. The molecule has 0 rings (SSSR count). The zero-order chi connectivity index (χ0) is 62.4. The zero-order valence-corrected chi connectivity index (χ0v) is 55.6. The fourth-order valence-electron chi connectivity index (χ4n) is 9.08. The molecule has 0 saturated heterocycles. The van der Waals surface area contributed by atoms with E-state index in [1.54, 1.807) is 0 Å². The van der Waals surface area contributed by atoms with Crippen molar-refractivity contribution in [3.8, 4) is 0 Å². The van der Waals surface area contributed by atoms with Crippen LogP contribution in [0.1, 0.15) is 292 Å². The van der Waals surface area contributed by atoms with Crippen molar-refractivity contribution in [1.82, 2.24) is 0 Å². The molecule has 0 bridgehead atoms. The topological polar surface area (TPSA) is 237 Å². The summed E-state index contributed by atoms with van der Waals surface area (Å²) >= 11 is 0. The lowest BCUT2D eigenvalue weighted by molar-refractivity contribution is -0.161. The van der Waals surface area contributed by atoms with Crippen LogP contribution in [0.4, 0.5) is 0 Å². The molecular formula is C65H122O17P2. The number of esters is 4. The molecule has 0 aromatic heterocycles. The van der Waals surface area contributed by atoms with E-state index in [0.717, 1.165) is 121 Å². The Morgan fingerprint density at radius 2 is 0.702 bits per heavy atom. The van der Waals surface area contributed by atoms with Crippen molar-refractivity contribution >= 4 is 39.5 Å². The maximum atomic E-state index is 13.0. The number of allylic oxidation sites excluding steroid dienone is 4. The molecule has 6 atom stereocenters. The van der Waals surface area contributed by atoms with Crippen LogP contribution in [0.15, 0.2) is 24.3 Å². The maximum Gasteiger partial charge on any atom is 0.472 e. The Morgan fingerprint density at radius 1 is 0.393 bits per heavy atom. The third-order valence-electron chi connectivity index (χ3n) is 14.6. The number of aliphatic hydroxyl groups excluding tert-OH is 1. The number of hydrogen-bond donors (Lipinski definition) is 3. The molecule has 19 heteroatoms. The van der Waals surface area contributed by atoms with E-state index < -0.39 is 97.5 Å². The molecule has 494 valence electrons. The first kappa shape index (κ1) is 81.5. The van der Waals surface area contributed by atoms with Crippen molar-refractivity contribution in [2.75, 3.05) is 39.6 Å². The van der Waals surface area contributed by atoms with Crippen LogP contribution in [0.5, 0.6) is 0 Å². The number of phosphoric ester groups is 2. The second kappa shape index (κ2) is 55.8. The van der Waals surface area contributed by atoms with Gasteiger partial charge < -0.3 is 33.8 Å². The van der Waals surface area contributed by atoms with Gasteiger partial charge in [-0.05, 0) is 69.1 Å². The van der Waals surface area contributed by atoms with E-state index in [2.05, 4.69) is 72.8 Å². The van der Waals surface area contributed by atoms with Crippen LogP contribution in [-0.4, -0.2) is 96.7 Å². The molecule has 0 aliphatic heterocycles. The minimum atomic E-state index is -4.95. The number of unbranched alkanes of at least 4 members (excludes halogenated alkanes) is 25. The SMILES string of the molecule is CCCCCC/C=C\C=C/CCCCCCCC(=O)OC[C@H](COP(=O)(O)OCC(O)COP(=O)(O)OC[C@@H](COC(=O)CCCCCCCCCC(C)C)OC(=O)CCCCCCCCC(C)CC)OC(=O)CCCCCCCCC(C)C. The van der Waals surface area contributed by atoms with E-state index in [0.29, 0.717) is 37.5 Å². The van der Waals surface area contributed by atoms with Crippen LogP contribution in [0, 0.1) is 17.8 Å². The molecule has 0 radical (unpaired) electrons. The summed E-state index contributed by atoms with van der Waals surface area (Å²) in [6.07, 6.45) is 40.1. The van der Waals surface area contributed by atoms with E-state index in [1.165, 1.54) is 77.0 Å². The normalized spacial score (nSPS) is 14.9. The fraction of sp³-hybridized carbons (Fsp3) is 0.877. The van der Waals surface area contributed by atoms with Gasteiger partial charge in [-0.2, -0.15) is 0 Å². The summed E-state index contributed by atoms with van der Waals surface area (Å²) in [7, 11) is -9.90. The number of rotatable bonds is 61. The van der Waals surface area contributed by atoms with Gasteiger partial charge in [0, 0.05) is 25.7 Å². The molecule has 0 spiro atoms. The predicted molar refractivity (Wildman–Crippen MR) is 335 cm³/mol. The van der Waals surface area contributed by atoms with E-state index >= 15 is 0 Å². The third kappa shape index (κ3) is 57.3. The Balaban J connectivity index is 5.25. The molecule has 0 aromatic rings. The van der Waals surface area contributed by atoms with Gasteiger partial charge in [-0.1, -0.05) is 240 Å². The summed E-state index contributed by atoms with van der Waals surface area (Å²) in [5.74, 6) is -0.0853. The van der Waals surface area contributed by atoms with Gasteiger partial charge in [-0.15, -0.1) is 0 Å². The van der Waals surface area contributed by atoms with Gasteiger partial charge in [-0.25, -0.2) is 9.13 Å². The molecule has 0 fully saturated rings. The van der Waals surface area contributed by atoms with Crippen molar-refractivity contribution in [1.29, 1.82) is 0 Å². The molecule has 0 saturated carbocycles. The summed E-state index contributed by atoms with van der Waals surface area (Å²) in [5, 5.41) is 10.5. The van der Waals surface area contributed by atoms with Gasteiger partial charge in [0.1, 0.15) is 19.3 Å². The van der Waals surface area contributed by atoms with Crippen LogP contribution >= 0.6 is 15.6 Å². The highest BCUT2D eigenvalue weighted by atomic mass is 31.2. The summed E-state index contributed by atoms with van der Waals surface area (Å²) in [5.41, 5.74) is 0. The van der Waals surface area contributed by atoms with Crippen molar-refractivity contribution < 1.29 is 80.2 Å². The highest BCUT2D eigenvalue weighted by Crippen LogP contribution is 2.45. The lowest BCUT2D eigenvalue weighted by Gasteiger charge is -2.21. The van der Waals surface area contributed by atoms with E-state index in [4.69, 9.17) is 37.0 Å². The second-order valence-electron chi connectivity index (χ2n) is 24.0. The first-order chi connectivity index (χ1) is 40.3. The third-order valence-corrected chi connectivity index (χ3v) is 16.5. The van der Waals surface area contributed by atoms with Crippen molar-refractivity contribution in [3.63, 3.8) is 0 Å². The summed E-state index contributed by atoms with van der Waals surface area (Å²) in [6.45, 7) is 11.5. The van der Waals surface area contributed by atoms with Crippen LogP contribution in [0.25, 0.3) is 0 Å². The number of carbonyl (C=O) groups is 4. The van der Waals surface area contributed by atoms with Gasteiger partial charge in [0.25, 0.3) is 0 Å². The van der Waals surface area contributed by atoms with E-state index in [1.807, 2.05) is 0 Å². The smallest absolute Gasteiger partial charge is 0.462 e. The van der Waals surface area contributed by atoms with E-state index in [9.17, 15) is 43.2 Å². The second-order valence-corrected chi connectivity index (χ2v) is 26.9. The summed E-state index contributed by atoms with van der Waals surface area (Å²) in [4.78, 5) is 72.2. The van der Waals surface area contributed by atoms with Gasteiger partial charge in [0.2, 0.25) is 0 Å². The standard InChI is InChI=1S/C65H122O17P2/c1-8-10-11-12-13-14-15-16-17-18-19-20-23-32-39-46-62(67)75-52-60(81-64(69)48-41-34-27-25-30-37-44-57(5)6)54-79-83(71,72)77-50-59(66)51-78-84(73,74)80-55-61(82-65(70)49-42-35-28-26-31-38-45-58(7)9-2)53-76-63(68)47-40-33-24-21-22-29-36-43-56(3)4/h14-17,56-61,66H,8-13,18-55H2,1-7H3,(H,71,72)(H,73,74)/b15-14-,17-16-/t58?,59?,60-,61-/m1/s1. The van der Waals surface area contributed by atoms with Gasteiger partial charge in [-0.3, -0.25) is 37.3 Å². The first-order valence-corrected chi connectivity index (χ1v) is 36.2. The van der Waals surface area contributed by atoms with Crippen LogP contribution in [0.3, 0.4) is 0 Å². The minimum Gasteiger partial charge on any atom is -0.462 e. The lowest BCUT2D eigenvalue weighted by Crippen LogP contribution is -2.30. The molecule has 4 unspecified atom stereocenters. The molecule has 0 amide bonds. The predicted octanol–water partition coefficient (Wildman–Crippen LogP) is 17.4. The maximum absolute atomic E-state index is 13.0. The summed E-state index contributed by atoms with van der Waals surface area (Å²) < 4.78 is 67.9. The molecule has 0 aliphatic rings. The first-order valence-electron chi connectivity index (χ1n) is 33.2. The number of ether oxygens (including phenoxy) is 4. The van der Waals surface area contributed by atoms with Crippen molar-refractivity contribution in [2.24, 2.45) is 17.8 Å². The quantitative estimate of drug-likeness (QED) is 0.0169. The van der Waals surface area contributed by atoms with Crippen LogP contribution in [0.2, 0.25) is 0 Å². The average molecular weight is 1240 g/mol. The van der Waals surface area contributed by atoms with Gasteiger partial charge in [0.15, 0.2) is 12.2 Å². The Hall–Kier alpha value is -2.46. The number of aliphatic hydroxyl groups is 1. The fourth-order valence-corrected chi connectivity index (χ4v) is 10.7. The van der Waals surface area contributed by atoms with Gasteiger partial charge in [0.05, 0.1) is 26.4 Å². The molecule has 0 aliphatic carbocycles. The molecule has 84 heavy (non-hydrogen) atoms. The highest BCUT2D eigenvalue weighted by molar-refractivity contribution is 7.47. The molecular weight excluding hydrogens is 1110 g/mol. The Morgan fingerprint density at radius 3 is 1.06 bits per heavy atom.